The lowest BCUT2D eigenvalue weighted by atomic mass is 9.73. The van der Waals surface area contributed by atoms with E-state index in [-0.39, 0.29) is 16.8 Å². The number of amides is 1. The summed E-state index contributed by atoms with van der Waals surface area (Å²) in [5.41, 5.74) is 2.71. The number of pyridine rings is 1. The number of carbonyl (C=O) groups excluding carboxylic acids is 2. The number of hydrogen-bond acceptors (Lipinski definition) is 3. The second-order valence-electron chi connectivity index (χ2n) is 8.85. The number of aromatic nitrogens is 1. The molecule has 2 aromatic carbocycles. The van der Waals surface area contributed by atoms with E-state index >= 15 is 0 Å². The van der Waals surface area contributed by atoms with Crippen LogP contribution in [-0.2, 0) is 12.8 Å². The Morgan fingerprint density at radius 2 is 1.68 bits per heavy atom. The molecule has 5 nitrogen and oxygen atoms in total. The van der Waals surface area contributed by atoms with Gasteiger partial charge in [-0.2, -0.15) is 0 Å². The predicted molar refractivity (Wildman–Crippen MR) is 122 cm³/mol. The van der Waals surface area contributed by atoms with Crippen LogP contribution in [0.3, 0.4) is 0 Å². The standard InChI is InChI=1S/C26H26N2O3/c1-4-17-10-12-18(13-11-17)27-24(30)23-20-14-26(2,3)15-22(29)21(20)16-28(25(23)31)19-8-6-5-7-9-19/h5-13,16H,4,14-15H2,1-3H3,(H,27,30). The summed E-state index contributed by atoms with van der Waals surface area (Å²) < 4.78 is 1.41. The lowest BCUT2D eigenvalue weighted by Crippen LogP contribution is -2.37. The average Bonchev–Trinajstić information content (AvgIpc) is 2.73. The van der Waals surface area contributed by atoms with E-state index in [2.05, 4.69) is 12.2 Å². The Kier molecular flexibility index (Phi) is 5.36. The minimum Gasteiger partial charge on any atom is -0.322 e. The highest BCUT2D eigenvalue weighted by molar-refractivity contribution is 6.08. The molecule has 31 heavy (non-hydrogen) atoms. The number of carbonyl (C=O) groups is 2. The van der Waals surface area contributed by atoms with Gasteiger partial charge in [0, 0.05) is 29.6 Å². The molecule has 0 radical (unpaired) electrons. The predicted octanol–water partition coefficient (Wildman–Crippen LogP) is 4.81. The Hall–Kier alpha value is -3.47. The first-order valence-corrected chi connectivity index (χ1v) is 10.6. The number of aryl methyl sites for hydroxylation is 1. The Balaban J connectivity index is 1.86. The largest absolute Gasteiger partial charge is 0.322 e. The molecule has 1 aliphatic rings. The monoisotopic (exact) mass is 414 g/mol. The molecule has 1 heterocycles. The number of Topliss-reactive ketones (excluding diaryl/α,β-unsaturated/α-hetero) is 1. The fourth-order valence-electron chi connectivity index (χ4n) is 4.18. The molecule has 1 aromatic heterocycles. The third-order valence-electron chi connectivity index (χ3n) is 5.79. The minimum absolute atomic E-state index is 0.0436. The van der Waals surface area contributed by atoms with Crippen LogP contribution < -0.4 is 10.9 Å². The van der Waals surface area contributed by atoms with Crippen LogP contribution in [0.4, 0.5) is 5.69 Å². The zero-order valence-electron chi connectivity index (χ0n) is 18.1. The lowest BCUT2D eigenvalue weighted by molar-refractivity contribution is 0.0910. The maximum Gasteiger partial charge on any atom is 0.268 e. The summed E-state index contributed by atoms with van der Waals surface area (Å²) in [6.07, 6.45) is 3.37. The van der Waals surface area contributed by atoms with Crippen molar-refractivity contribution in [1.82, 2.24) is 4.57 Å². The van der Waals surface area contributed by atoms with Crippen molar-refractivity contribution in [3.8, 4) is 5.69 Å². The first-order valence-electron chi connectivity index (χ1n) is 10.6. The Bertz CT molecular complexity index is 1210. The molecular weight excluding hydrogens is 388 g/mol. The first-order chi connectivity index (χ1) is 14.8. The molecule has 0 saturated heterocycles. The number of nitrogens with one attached hydrogen (secondary N) is 1. The average molecular weight is 415 g/mol. The van der Waals surface area contributed by atoms with Gasteiger partial charge < -0.3 is 5.32 Å². The van der Waals surface area contributed by atoms with Crippen molar-refractivity contribution < 1.29 is 9.59 Å². The van der Waals surface area contributed by atoms with Crippen molar-refractivity contribution in [2.75, 3.05) is 5.32 Å². The Labute approximate surface area is 181 Å². The van der Waals surface area contributed by atoms with Crippen LogP contribution in [0.5, 0.6) is 0 Å². The molecule has 0 unspecified atom stereocenters. The summed E-state index contributed by atoms with van der Waals surface area (Å²) in [5.74, 6) is -0.529. The fourth-order valence-corrected chi connectivity index (χ4v) is 4.18. The highest BCUT2D eigenvalue weighted by Crippen LogP contribution is 2.36. The number of rotatable bonds is 4. The van der Waals surface area contributed by atoms with Gasteiger partial charge >= 0.3 is 0 Å². The molecule has 0 atom stereocenters. The van der Waals surface area contributed by atoms with Crippen LogP contribution in [-0.4, -0.2) is 16.3 Å². The number of hydrogen-bond donors (Lipinski definition) is 1. The SMILES string of the molecule is CCc1ccc(NC(=O)c2c3c(cn(-c4ccccc4)c2=O)C(=O)CC(C)(C)C3)cc1. The minimum atomic E-state index is -0.485. The van der Waals surface area contributed by atoms with Crippen molar-refractivity contribution in [1.29, 1.82) is 0 Å². The van der Waals surface area contributed by atoms with Gasteiger partial charge in [-0.3, -0.25) is 19.0 Å². The van der Waals surface area contributed by atoms with E-state index in [9.17, 15) is 14.4 Å². The lowest BCUT2D eigenvalue weighted by Gasteiger charge is -2.31. The van der Waals surface area contributed by atoms with E-state index in [1.807, 2.05) is 56.3 Å². The van der Waals surface area contributed by atoms with E-state index in [0.29, 0.717) is 35.3 Å². The van der Waals surface area contributed by atoms with Crippen molar-refractivity contribution >= 4 is 17.4 Å². The number of anilines is 1. The highest BCUT2D eigenvalue weighted by atomic mass is 16.2. The topological polar surface area (TPSA) is 68.2 Å². The molecule has 0 saturated carbocycles. The quantitative estimate of drug-likeness (QED) is 0.666. The van der Waals surface area contributed by atoms with Crippen molar-refractivity contribution in [2.24, 2.45) is 5.41 Å². The van der Waals surface area contributed by atoms with Crippen LogP contribution in [0.1, 0.15) is 59.0 Å². The van der Waals surface area contributed by atoms with Gasteiger partial charge in [0.15, 0.2) is 5.78 Å². The molecule has 1 N–H and O–H groups in total. The van der Waals surface area contributed by atoms with Gasteiger partial charge in [0.1, 0.15) is 5.56 Å². The maximum atomic E-state index is 13.5. The molecule has 0 fully saturated rings. The summed E-state index contributed by atoms with van der Waals surface area (Å²) in [6.45, 7) is 6.04. The molecule has 0 spiro atoms. The van der Waals surface area contributed by atoms with Gasteiger partial charge in [0.2, 0.25) is 0 Å². The van der Waals surface area contributed by atoms with Crippen LogP contribution in [0.25, 0.3) is 5.69 Å². The number of fused-ring (bicyclic) bond motifs is 1. The third-order valence-corrected chi connectivity index (χ3v) is 5.79. The van der Waals surface area contributed by atoms with E-state index in [4.69, 9.17) is 0 Å². The Morgan fingerprint density at radius 3 is 2.32 bits per heavy atom. The van der Waals surface area contributed by atoms with Crippen molar-refractivity contribution in [2.45, 2.75) is 40.0 Å². The molecule has 4 rings (SSSR count). The van der Waals surface area contributed by atoms with Gasteiger partial charge in [-0.1, -0.05) is 51.1 Å². The zero-order valence-corrected chi connectivity index (χ0v) is 18.1. The summed E-state index contributed by atoms with van der Waals surface area (Å²) >= 11 is 0. The highest BCUT2D eigenvalue weighted by Gasteiger charge is 2.36. The second-order valence-corrected chi connectivity index (χ2v) is 8.85. The summed E-state index contributed by atoms with van der Waals surface area (Å²) in [5, 5.41) is 2.86. The molecule has 158 valence electrons. The number of ketones is 1. The summed E-state index contributed by atoms with van der Waals surface area (Å²) in [6, 6.07) is 16.6. The fraction of sp³-hybridized carbons (Fsp3) is 0.269. The molecular formula is C26H26N2O3. The molecule has 0 aliphatic heterocycles. The molecule has 5 heteroatoms. The zero-order chi connectivity index (χ0) is 22.2. The molecule has 3 aromatic rings. The van der Waals surface area contributed by atoms with E-state index in [1.165, 1.54) is 4.57 Å². The Morgan fingerprint density at radius 1 is 1.00 bits per heavy atom. The first kappa shape index (κ1) is 20.8. The van der Waals surface area contributed by atoms with Crippen LogP contribution in [0, 0.1) is 5.41 Å². The van der Waals surface area contributed by atoms with Crippen LogP contribution in [0.15, 0.2) is 65.6 Å². The second kappa shape index (κ2) is 7.99. The third kappa shape index (κ3) is 4.08. The van der Waals surface area contributed by atoms with Crippen LogP contribution in [0.2, 0.25) is 0 Å². The molecule has 1 amide bonds. The van der Waals surface area contributed by atoms with Gasteiger partial charge in [-0.15, -0.1) is 0 Å². The summed E-state index contributed by atoms with van der Waals surface area (Å²) in [4.78, 5) is 39.8. The van der Waals surface area contributed by atoms with Gasteiger partial charge in [-0.25, -0.2) is 0 Å². The number of para-hydroxylation sites is 1. The van der Waals surface area contributed by atoms with Crippen LogP contribution >= 0.6 is 0 Å². The van der Waals surface area contributed by atoms with Gasteiger partial charge in [-0.05, 0) is 53.6 Å². The number of nitrogens with zero attached hydrogens (tertiary/aromatic N) is 1. The normalized spacial score (nSPS) is 14.7. The van der Waals surface area contributed by atoms with Crippen molar-refractivity contribution in [3.63, 3.8) is 0 Å². The van der Waals surface area contributed by atoms with E-state index in [0.717, 1.165) is 12.0 Å². The summed E-state index contributed by atoms with van der Waals surface area (Å²) in [7, 11) is 0. The molecule has 0 bridgehead atoms. The van der Waals surface area contributed by atoms with E-state index in [1.54, 1.807) is 18.3 Å². The van der Waals surface area contributed by atoms with Gasteiger partial charge in [0.25, 0.3) is 11.5 Å². The maximum absolute atomic E-state index is 13.5. The smallest absolute Gasteiger partial charge is 0.268 e. The van der Waals surface area contributed by atoms with Crippen molar-refractivity contribution in [3.05, 3.63) is 93.4 Å². The van der Waals surface area contributed by atoms with Gasteiger partial charge in [0.05, 0.1) is 0 Å². The molecule has 1 aliphatic carbocycles. The number of benzene rings is 2. The van der Waals surface area contributed by atoms with E-state index < -0.39 is 11.5 Å².